The van der Waals surface area contributed by atoms with Crippen molar-refractivity contribution in [1.29, 1.82) is 0 Å². The van der Waals surface area contributed by atoms with Crippen molar-refractivity contribution in [2.75, 3.05) is 52.6 Å². The lowest BCUT2D eigenvalue weighted by molar-refractivity contribution is -0.140. The predicted molar refractivity (Wildman–Crippen MR) is 140 cm³/mol. The van der Waals surface area contributed by atoms with E-state index in [1.54, 1.807) is 48.5 Å². The Balaban J connectivity index is 1.66. The van der Waals surface area contributed by atoms with Crippen LogP contribution in [0.4, 0.5) is 0 Å². The third-order valence-electron chi connectivity index (χ3n) is 6.48. The first kappa shape index (κ1) is 27.2. The number of primary amides is 1. The Kier molecular flexibility index (Phi) is 8.98. The van der Waals surface area contributed by atoms with E-state index in [2.05, 4.69) is 4.90 Å². The first-order chi connectivity index (χ1) is 18.4. The Bertz CT molecular complexity index is 1170. The van der Waals surface area contributed by atoms with Gasteiger partial charge in [-0.1, -0.05) is 19.1 Å². The molecule has 2 aliphatic rings. The number of Topliss-reactive ketones (excluding diaryl/α,β-unsaturated/α-hetero) is 1. The lowest BCUT2D eigenvalue weighted by atomic mass is 9.95. The number of carbonyl (C=O) groups is 3. The van der Waals surface area contributed by atoms with Gasteiger partial charge in [0.1, 0.15) is 17.3 Å². The number of carbonyl (C=O) groups excluding carboxylic acids is 3. The average Bonchev–Trinajstić information content (AvgIpc) is 3.19. The van der Waals surface area contributed by atoms with Crippen LogP contribution in [0.2, 0.25) is 0 Å². The van der Waals surface area contributed by atoms with Crippen molar-refractivity contribution in [3.05, 3.63) is 65.2 Å². The van der Waals surface area contributed by atoms with Gasteiger partial charge in [-0.15, -0.1) is 0 Å². The van der Waals surface area contributed by atoms with Gasteiger partial charge in [0.25, 0.3) is 17.6 Å². The summed E-state index contributed by atoms with van der Waals surface area (Å²) in [6, 6.07) is 12.7. The van der Waals surface area contributed by atoms with Crippen LogP contribution in [-0.4, -0.2) is 85.1 Å². The maximum Gasteiger partial charge on any atom is 0.295 e. The number of morpholine rings is 1. The topological polar surface area (TPSA) is 132 Å². The molecular formula is C28H33N3O7. The summed E-state index contributed by atoms with van der Waals surface area (Å²) in [4.78, 5) is 41.2. The van der Waals surface area contributed by atoms with Crippen LogP contribution in [0.15, 0.2) is 54.1 Å². The zero-order valence-electron chi connectivity index (χ0n) is 21.4. The zero-order chi connectivity index (χ0) is 27.1. The van der Waals surface area contributed by atoms with Gasteiger partial charge >= 0.3 is 0 Å². The summed E-state index contributed by atoms with van der Waals surface area (Å²) in [6.07, 6.45) is 0.863. The summed E-state index contributed by atoms with van der Waals surface area (Å²) in [5.74, 6) is -1.19. The highest BCUT2D eigenvalue weighted by Crippen LogP contribution is 2.40. The molecule has 0 spiro atoms. The molecule has 2 aromatic rings. The van der Waals surface area contributed by atoms with E-state index in [4.69, 9.17) is 19.9 Å². The molecule has 2 heterocycles. The Morgan fingerprint density at radius 1 is 1.00 bits per heavy atom. The number of hydrogen-bond donors (Lipinski definition) is 2. The molecule has 202 valence electrons. The SMILES string of the molecule is CCCOc1ccc(/C(O)=C2\C(=O)C(=O)N(CCN3CCOCC3)C2c2ccc(OCC(N)=O)cc2)cc1. The quantitative estimate of drug-likeness (QED) is 0.260. The highest BCUT2D eigenvalue weighted by atomic mass is 16.5. The lowest BCUT2D eigenvalue weighted by Crippen LogP contribution is -2.42. The molecular weight excluding hydrogens is 490 g/mol. The third kappa shape index (κ3) is 6.32. The molecule has 10 nitrogen and oxygen atoms in total. The summed E-state index contributed by atoms with van der Waals surface area (Å²) in [5, 5.41) is 11.3. The van der Waals surface area contributed by atoms with E-state index >= 15 is 0 Å². The van der Waals surface area contributed by atoms with Crippen LogP contribution < -0.4 is 15.2 Å². The van der Waals surface area contributed by atoms with E-state index in [1.807, 2.05) is 6.92 Å². The van der Waals surface area contributed by atoms with Crippen molar-refractivity contribution in [3.8, 4) is 11.5 Å². The number of nitrogens with two attached hydrogens (primary N) is 1. The molecule has 10 heteroatoms. The molecule has 3 N–H and O–H groups in total. The van der Waals surface area contributed by atoms with E-state index < -0.39 is 23.6 Å². The van der Waals surface area contributed by atoms with Gasteiger partial charge in [0.05, 0.1) is 31.4 Å². The highest BCUT2D eigenvalue weighted by molar-refractivity contribution is 6.46. The maximum absolute atomic E-state index is 13.3. The van der Waals surface area contributed by atoms with Crippen LogP contribution in [0.1, 0.15) is 30.5 Å². The lowest BCUT2D eigenvalue weighted by Gasteiger charge is -2.31. The normalized spacial score (nSPS) is 19.5. The molecule has 1 atom stereocenters. The first-order valence-electron chi connectivity index (χ1n) is 12.7. The van der Waals surface area contributed by atoms with Crippen molar-refractivity contribution in [2.45, 2.75) is 19.4 Å². The van der Waals surface area contributed by atoms with Gasteiger partial charge in [-0.2, -0.15) is 0 Å². The summed E-state index contributed by atoms with van der Waals surface area (Å²) in [6.45, 7) is 5.90. The number of aliphatic hydroxyl groups excluding tert-OH is 1. The van der Waals surface area contributed by atoms with E-state index in [0.717, 1.165) is 19.5 Å². The fourth-order valence-electron chi connectivity index (χ4n) is 4.52. The Morgan fingerprint density at radius 2 is 1.63 bits per heavy atom. The molecule has 0 aliphatic carbocycles. The molecule has 2 saturated heterocycles. The fourth-order valence-corrected chi connectivity index (χ4v) is 4.52. The summed E-state index contributed by atoms with van der Waals surface area (Å²) >= 11 is 0. The molecule has 0 aromatic heterocycles. The zero-order valence-corrected chi connectivity index (χ0v) is 21.4. The Labute approximate surface area is 221 Å². The Morgan fingerprint density at radius 3 is 2.26 bits per heavy atom. The highest BCUT2D eigenvalue weighted by Gasteiger charge is 2.46. The standard InChI is InChI=1S/C28H33N3O7/c1-2-15-37-21-9-5-20(6-10-21)26(33)24-25(19-3-7-22(8-4-19)38-18-23(29)32)31(28(35)27(24)34)12-11-30-13-16-36-17-14-30/h3-10,25,33H,2,11-18H2,1H3,(H2,29,32)/b26-24+. The van der Waals surface area contributed by atoms with E-state index in [9.17, 15) is 19.5 Å². The summed E-state index contributed by atoms with van der Waals surface area (Å²) in [7, 11) is 0. The van der Waals surface area contributed by atoms with Crippen molar-refractivity contribution < 1.29 is 33.7 Å². The third-order valence-corrected chi connectivity index (χ3v) is 6.48. The predicted octanol–water partition coefficient (Wildman–Crippen LogP) is 2.09. The molecule has 2 fully saturated rings. The van der Waals surface area contributed by atoms with Gasteiger partial charge < -0.3 is 30.0 Å². The van der Waals surface area contributed by atoms with Crippen LogP contribution >= 0.6 is 0 Å². The van der Waals surface area contributed by atoms with E-state index in [0.29, 0.717) is 55.5 Å². The monoisotopic (exact) mass is 523 g/mol. The van der Waals surface area contributed by atoms with Crippen LogP contribution in [0.5, 0.6) is 11.5 Å². The second-order valence-corrected chi connectivity index (χ2v) is 9.14. The fraction of sp³-hybridized carbons (Fsp3) is 0.393. The van der Waals surface area contributed by atoms with Crippen LogP contribution in [0.3, 0.4) is 0 Å². The smallest absolute Gasteiger partial charge is 0.295 e. The van der Waals surface area contributed by atoms with Gasteiger partial charge in [-0.3, -0.25) is 19.3 Å². The minimum Gasteiger partial charge on any atom is -0.507 e. The van der Waals surface area contributed by atoms with Gasteiger partial charge in [-0.25, -0.2) is 0 Å². The van der Waals surface area contributed by atoms with Crippen LogP contribution in [0, 0.1) is 0 Å². The van der Waals surface area contributed by atoms with Crippen molar-refractivity contribution >= 4 is 23.4 Å². The largest absolute Gasteiger partial charge is 0.507 e. The minimum atomic E-state index is -0.794. The molecule has 0 saturated carbocycles. The molecule has 2 aromatic carbocycles. The molecule has 1 unspecified atom stereocenters. The second kappa shape index (κ2) is 12.6. The number of rotatable bonds is 11. The number of amides is 2. The summed E-state index contributed by atoms with van der Waals surface area (Å²) in [5.41, 5.74) is 6.21. The molecule has 4 rings (SSSR count). The van der Waals surface area contributed by atoms with Crippen LogP contribution in [-0.2, 0) is 19.1 Å². The van der Waals surface area contributed by atoms with Crippen LogP contribution in [0.25, 0.3) is 5.76 Å². The Hall–Kier alpha value is -3.89. The number of benzene rings is 2. The number of likely N-dealkylation sites (tertiary alicyclic amines) is 1. The van der Waals surface area contributed by atoms with Gasteiger partial charge in [0.15, 0.2) is 6.61 Å². The summed E-state index contributed by atoms with van der Waals surface area (Å²) < 4.78 is 16.4. The maximum atomic E-state index is 13.3. The number of nitrogens with zero attached hydrogens (tertiary/aromatic N) is 2. The van der Waals surface area contributed by atoms with Gasteiger partial charge in [0.2, 0.25) is 0 Å². The number of ether oxygens (including phenoxy) is 3. The molecule has 0 radical (unpaired) electrons. The van der Waals surface area contributed by atoms with Crippen molar-refractivity contribution in [1.82, 2.24) is 9.80 Å². The van der Waals surface area contributed by atoms with Crippen molar-refractivity contribution in [3.63, 3.8) is 0 Å². The van der Waals surface area contributed by atoms with Gasteiger partial charge in [0, 0.05) is 31.7 Å². The van der Waals surface area contributed by atoms with Gasteiger partial charge in [-0.05, 0) is 48.4 Å². The molecule has 2 amide bonds. The van der Waals surface area contributed by atoms with E-state index in [-0.39, 0.29) is 17.9 Å². The molecule has 38 heavy (non-hydrogen) atoms. The number of aliphatic hydroxyl groups is 1. The van der Waals surface area contributed by atoms with E-state index in [1.165, 1.54) is 4.90 Å². The van der Waals surface area contributed by atoms with Crippen molar-refractivity contribution in [2.24, 2.45) is 5.73 Å². The minimum absolute atomic E-state index is 0.0185. The molecule has 2 aliphatic heterocycles. The number of ketones is 1. The molecule has 0 bridgehead atoms. The average molecular weight is 524 g/mol. The first-order valence-corrected chi connectivity index (χ1v) is 12.7. The second-order valence-electron chi connectivity index (χ2n) is 9.14. The number of hydrogen-bond acceptors (Lipinski definition) is 8.